The Morgan fingerprint density at radius 3 is 2.78 bits per heavy atom. The molecule has 0 radical (unpaired) electrons. The van der Waals surface area contributed by atoms with Gasteiger partial charge in [0.15, 0.2) is 0 Å². The molecule has 0 saturated heterocycles. The zero-order valence-corrected chi connectivity index (χ0v) is 13.6. The summed E-state index contributed by atoms with van der Waals surface area (Å²) in [5.74, 6) is 0.00443. The van der Waals surface area contributed by atoms with Gasteiger partial charge in [0.05, 0.1) is 5.69 Å². The van der Waals surface area contributed by atoms with Gasteiger partial charge in [-0.05, 0) is 37.6 Å². The number of benzene rings is 1. The van der Waals surface area contributed by atoms with Gasteiger partial charge in [-0.1, -0.05) is 17.7 Å². The SMILES string of the molecule is Cc1ccc(NC(=O)CCc2csc(-c3cccnc3)n2)cc1. The Balaban J connectivity index is 1.55. The molecule has 0 aliphatic rings. The van der Waals surface area contributed by atoms with Crippen molar-refractivity contribution in [3.63, 3.8) is 0 Å². The van der Waals surface area contributed by atoms with Crippen molar-refractivity contribution in [3.05, 3.63) is 65.4 Å². The second-order valence-electron chi connectivity index (χ2n) is 5.30. The average molecular weight is 323 g/mol. The van der Waals surface area contributed by atoms with Crippen molar-refractivity contribution in [3.8, 4) is 10.6 Å². The highest BCUT2D eigenvalue weighted by Gasteiger charge is 2.08. The molecule has 1 amide bonds. The second kappa shape index (κ2) is 7.15. The second-order valence-corrected chi connectivity index (χ2v) is 6.16. The van der Waals surface area contributed by atoms with Crippen LogP contribution in [0.2, 0.25) is 0 Å². The van der Waals surface area contributed by atoms with Gasteiger partial charge in [-0.25, -0.2) is 4.98 Å². The zero-order chi connectivity index (χ0) is 16.1. The molecule has 116 valence electrons. The summed E-state index contributed by atoms with van der Waals surface area (Å²) in [6.45, 7) is 2.02. The van der Waals surface area contributed by atoms with Gasteiger partial charge in [0, 0.05) is 35.4 Å². The van der Waals surface area contributed by atoms with Gasteiger partial charge in [-0.3, -0.25) is 9.78 Å². The number of amides is 1. The first-order valence-electron chi connectivity index (χ1n) is 7.42. The van der Waals surface area contributed by atoms with E-state index in [9.17, 15) is 4.79 Å². The lowest BCUT2D eigenvalue weighted by molar-refractivity contribution is -0.116. The van der Waals surface area contributed by atoms with Crippen molar-refractivity contribution in [2.45, 2.75) is 19.8 Å². The molecule has 0 aliphatic carbocycles. The number of hydrogen-bond donors (Lipinski definition) is 1. The van der Waals surface area contributed by atoms with E-state index in [2.05, 4.69) is 15.3 Å². The molecule has 2 heterocycles. The number of thiazole rings is 1. The van der Waals surface area contributed by atoms with Crippen LogP contribution in [0.25, 0.3) is 10.6 Å². The Morgan fingerprint density at radius 2 is 2.04 bits per heavy atom. The van der Waals surface area contributed by atoms with Crippen LogP contribution in [0, 0.1) is 6.92 Å². The molecule has 0 bridgehead atoms. The van der Waals surface area contributed by atoms with E-state index in [1.165, 1.54) is 5.56 Å². The molecule has 0 atom stereocenters. The average Bonchev–Trinajstić information content (AvgIpc) is 3.05. The van der Waals surface area contributed by atoms with Gasteiger partial charge >= 0.3 is 0 Å². The molecule has 2 aromatic heterocycles. The highest BCUT2D eigenvalue weighted by atomic mass is 32.1. The van der Waals surface area contributed by atoms with Crippen LogP contribution in [0.4, 0.5) is 5.69 Å². The third-order valence-electron chi connectivity index (χ3n) is 3.40. The van der Waals surface area contributed by atoms with Crippen LogP contribution in [0.5, 0.6) is 0 Å². The van der Waals surface area contributed by atoms with Crippen molar-refractivity contribution in [1.82, 2.24) is 9.97 Å². The van der Waals surface area contributed by atoms with E-state index in [0.29, 0.717) is 12.8 Å². The standard InChI is InChI=1S/C18H17N3OS/c1-13-4-6-15(7-5-13)20-17(22)9-8-16-12-23-18(21-16)14-3-2-10-19-11-14/h2-7,10-12H,8-9H2,1H3,(H,20,22). The summed E-state index contributed by atoms with van der Waals surface area (Å²) in [6, 6.07) is 11.7. The molecule has 0 fully saturated rings. The number of rotatable bonds is 5. The van der Waals surface area contributed by atoms with Gasteiger partial charge in [0.1, 0.15) is 5.01 Å². The fourth-order valence-corrected chi connectivity index (χ4v) is 2.99. The number of nitrogens with one attached hydrogen (secondary N) is 1. The molecular weight excluding hydrogens is 306 g/mol. The lowest BCUT2D eigenvalue weighted by Gasteiger charge is -2.04. The molecule has 0 unspecified atom stereocenters. The van der Waals surface area contributed by atoms with Crippen molar-refractivity contribution < 1.29 is 4.79 Å². The molecule has 5 heteroatoms. The number of anilines is 1. The smallest absolute Gasteiger partial charge is 0.224 e. The van der Waals surface area contributed by atoms with Crippen molar-refractivity contribution >= 4 is 22.9 Å². The Kier molecular flexibility index (Phi) is 4.78. The number of pyridine rings is 1. The molecule has 4 nitrogen and oxygen atoms in total. The molecule has 3 rings (SSSR count). The first kappa shape index (κ1) is 15.4. The predicted octanol–water partition coefficient (Wildman–Crippen LogP) is 4.08. The van der Waals surface area contributed by atoms with Crippen LogP contribution in [-0.2, 0) is 11.2 Å². The van der Waals surface area contributed by atoms with Gasteiger partial charge < -0.3 is 5.32 Å². The number of nitrogens with zero attached hydrogens (tertiary/aromatic N) is 2. The quantitative estimate of drug-likeness (QED) is 0.769. The van der Waals surface area contributed by atoms with E-state index in [4.69, 9.17) is 0 Å². The number of aryl methyl sites for hydroxylation is 2. The minimum absolute atomic E-state index is 0.00443. The minimum Gasteiger partial charge on any atom is -0.326 e. The van der Waals surface area contributed by atoms with Gasteiger partial charge in [-0.15, -0.1) is 11.3 Å². The van der Waals surface area contributed by atoms with Crippen LogP contribution in [-0.4, -0.2) is 15.9 Å². The van der Waals surface area contributed by atoms with Crippen LogP contribution in [0.15, 0.2) is 54.2 Å². The van der Waals surface area contributed by atoms with Crippen molar-refractivity contribution in [1.29, 1.82) is 0 Å². The third-order valence-corrected chi connectivity index (χ3v) is 4.34. The van der Waals surface area contributed by atoms with Crippen molar-refractivity contribution in [2.75, 3.05) is 5.32 Å². The summed E-state index contributed by atoms with van der Waals surface area (Å²) in [6.07, 6.45) is 4.60. The maximum Gasteiger partial charge on any atom is 0.224 e. The molecule has 3 aromatic rings. The highest BCUT2D eigenvalue weighted by molar-refractivity contribution is 7.13. The zero-order valence-electron chi connectivity index (χ0n) is 12.8. The van der Waals surface area contributed by atoms with E-state index < -0.39 is 0 Å². The van der Waals surface area contributed by atoms with E-state index in [0.717, 1.165) is 22.0 Å². The van der Waals surface area contributed by atoms with Gasteiger partial charge in [0.2, 0.25) is 5.91 Å². The van der Waals surface area contributed by atoms with Crippen LogP contribution in [0.3, 0.4) is 0 Å². The van der Waals surface area contributed by atoms with Crippen molar-refractivity contribution in [2.24, 2.45) is 0 Å². The fourth-order valence-electron chi connectivity index (χ4n) is 2.15. The molecule has 0 saturated carbocycles. The lowest BCUT2D eigenvalue weighted by Crippen LogP contribution is -2.12. The third kappa shape index (κ3) is 4.23. The van der Waals surface area contributed by atoms with Gasteiger partial charge in [0.25, 0.3) is 0 Å². The summed E-state index contributed by atoms with van der Waals surface area (Å²) in [5, 5.41) is 5.84. The molecule has 0 aliphatic heterocycles. The topological polar surface area (TPSA) is 54.9 Å². The molecule has 0 spiro atoms. The van der Waals surface area contributed by atoms with E-state index >= 15 is 0 Å². The number of carbonyl (C=O) groups is 1. The van der Waals surface area contributed by atoms with Crippen LogP contribution in [0.1, 0.15) is 17.7 Å². The van der Waals surface area contributed by atoms with E-state index in [1.807, 2.05) is 48.7 Å². The van der Waals surface area contributed by atoms with E-state index in [1.54, 1.807) is 23.7 Å². The Labute approximate surface area is 139 Å². The summed E-state index contributed by atoms with van der Waals surface area (Å²) >= 11 is 1.58. The minimum atomic E-state index is 0.00443. The maximum atomic E-state index is 12.0. The molecule has 1 aromatic carbocycles. The number of carbonyl (C=O) groups excluding carboxylic acids is 1. The monoisotopic (exact) mass is 323 g/mol. The number of hydrogen-bond acceptors (Lipinski definition) is 4. The Hall–Kier alpha value is -2.53. The van der Waals surface area contributed by atoms with Gasteiger partial charge in [-0.2, -0.15) is 0 Å². The summed E-state index contributed by atoms with van der Waals surface area (Å²) in [7, 11) is 0. The Morgan fingerprint density at radius 1 is 1.22 bits per heavy atom. The van der Waals surface area contributed by atoms with Crippen LogP contribution < -0.4 is 5.32 Å². The highest BCUT2D eigenvalue weighted by Crippen LogP contribution is 2.23. The fraction of sp³-hybridized carbons (Fsp3) is 0.167. The lowest BCUT2D eigenvalue weighted by atomic mass is 10.2. The van der Waals surface area contributed by atoms with E-state index in [-0.39, 0.29) is 5.91 Å². The predicted molar refractivity (Wildman–Crippen MR) is 93.5 cm³/mol. The summed E-state index contributed by atoms with van der Waals surface area (Å²) in [4.78, 5) is 20.7. The first-order valence-corrected chi connectivity index (χ1v) is 8.30. The maximum absolute atomic E-state index is 12.0. The Bertz CT molecular complexity index is 782. The molecule has 23 heavy (non-hydrogen) atoms. The summed E-state index contributed by atoms with van der Waals surface area (Å²) in [5.41, 5.74) is 3.95. The molecular formula is C18H17N3OS. The largest absolute Gasteiger partial charge is 0.326 e. The normalized spacial score (nSPS) is 10.5. The van der Waals surface area contributed by atoms with Crippen LogP contribution >= 0.6 is 11.3 Å². The molecule has 1 N–H and O–H groups in total. The first-order chi connectivity index (χ1) is 11.2. The summed E-state index contributed by atoms with van der Waals surface area (Å²) < 4.78 is 0. The number of aromatic nitrogens is 2.